The molecular weight excluding hydrogens is 216 g/mol. The summed E-state index contributed by atoms with van der Waals surface area (Å²) >= 11 is 0. The molecule has 0 spiro atoms. The van der Waals surface area contributed by atoms with Crippen LogP contribution in [0.25, 0.3) is 0 Å². The number of carbonyl (C=O) groups excluding carboxylic acids is 1. The predicted octanol–water partition coefficient (Wildman–Crippen LogP) is 0.662. The lowest BCUT2D eigenvalue weighted by Crippen LogP contribution is -2.26. The fourth-order valence-electron chi connectivity index (χ4n) is 2.22. The summed E-state index contributed by atoms with van der Waals surface area (Å²) in [6.07, 6.45) is 1.11. The molecule has 0 aliphatic heterocycles. The summed E-state index contributed by atoms with van der Waals surface area (Å²) in [5.41, 5.74) is 2.43. The van der Waals surface area contributed by atoms with Crippen LogP contribution in [0.4, 0.5) is 0 Å². The van der Waals surface area contributed by atoms with Gasteiger partial charge in [-0.2, -0.15) is 4.80 Å². The third-order valence-corrected chi connectivity index (χ3v) is 3.13. The number of aromatic nitrogens is 4. The minimum absolute atomic E-state index is 0.0232. The van der Waals surface area contributed by atoms with E-state index in [1.807, 2.05) is 18.2 Å². The maximum absolute atomic E-state index is 12.0. The number of carbonyl (C=O) groups is 1. The van der Waals surface area contributed by atoms with Crippen molar-refractivity contribution in [3.8, 4) is 0 Å². The Morgan fingerprint density at radius 1 is 1.47 bits per heavy atom. The Morgan fingerprint density at radius 2 is 2.29 bits per heavy atom. The third kappa shape index (κ3) is 1.73. The second-order valence-corrected chi connectivity index (χ2v) is 4.29. The highest BCUT2D eigenvalue weighted by atomic mass is 16.1. The molecule has 3 rings (SSSR count). The minimum atomic E-state index is 0.0232. The van der Waals surface area contributed by atoms with Crippen LogP contribution >= 0.6 is 0 Å². The number of tetrazole rings is 1. The van der Waals surface area contributed by atoms with Crippen molar-refractivity contribution in [2.24, 2.45) is 7.05 Å². The molecule has 1 aromatic heterocycles. The van der Waals surface area contributed by atoms with Gasteiger partial charge >= 0.3 is 0 Å². The number of nitrogens with zero attached hydrogens (tertiary/aromatic N) is 4. The van der Waals surface area contributed by atoms with E-state index >= 15 is 0 Å². The maximum atomic E-state index is 12.0. The standard InChI is InChI=1S/C12H12N4O/c1-16-14-12(13-15-16)7-11(17)10-6-8-4-2-3-5-9(8)10/h2-5,10H,6-7H2,1H3. The predicted molar refractivity (Wildman–Crippen MR) is 60.4 cm³/mol. The number of hydrogen-bond acceptors (Lipinski definition) is 4. The van der Waals surface area contributed by atoms with Gasteiger partial charge in [-0.1, -0.05) is 24.3 Å². The molecule has 1 aliphatic carbocycles. The van der Waals surface area contributed by atoms with Crippen LogP contribution in [0.5, 0.6) is 0 Å². The number of hydrogen-bond donors (Lipinski definition) is 0. The van der Waals surface area contributed by atoms with Gasteiger partial charge in [0, 0.05) is 5.92 Å². The van der Waals surface area contributed by atoms with Crippen LogP contribution in [0.15, 0.2) is 24.3 Å². The van der Waals surface area contributed by atoms with E-state index in [1.165, 1.54) is 10.4 Å². The van der Waals surface area contributed by atoms with Gasteiger partial charge in [0.15, 0.2) is 5.82 Å². The second kappa shape index (κ2) is 3.76. The smallest absolute Gasteiger partial charge is 0.182 e. The Hall–Kier alpha value is -2.04. The van der Waals surface area contributed by atoms with Crippen molar-refractivity contribution in [1.82, 2.24) is 20.2 Å². The van der Waals surface area contributed by atoms with Gasteiger partial charge in [-0.05, 0) is 22.8 Å². The molecule has 0 N–H and O–H groups in total. The number of fused-ring (bicyclic) bond motifs is 1. The van der Waals surface area contributed by atoms with E-state index in [9.17, 15) is 4.79 Å². The second-order valence-electron chi connectivity index (χ2n) is 4.29. The van der Waals surface area contributed by atoms with E-state index in [1.54, 1.807) is 7.05 Å². The van der Waals surface area contributed by atoms with E-state index in [4.69, 9.17) is 0 Å². The molecular formula is C12H12N4O. The van der Waals surface area contributed by atoms with Crippen molar-refractivity contribution in [3.63, 3.8) is 0 Å². The molecule has 17 heavy (non-hydrogen) atoms. The largest absolute Gasteiger partial charge is 0.299 e. The van der Waals surface area contributed by atoms with Crippen molar-refractivity contribution < 1.29 is 4.79 Å². The number of benzene rings is 1. The zero-order valence-electron chi connectivity index (χ0n) is 9.50. The Labute approximate surface area is 98.5 Å². The summed E-state index contributed by atoms with van der Waals surface area (Å²) in [5.74, 6) is 0.702. The quantitative estimate of drug-likeness (QED) is 0.774. The summed E-state index contributed by atoms with van der Waals surface area (Å²) in [5, 5.41) is 11.6. The topological polar surface area (TPSA) is 60.7 Å². The molecule has 0 radical (unpaired) electrons. The van der Waals surface area contributed by atoms with Crippen molar-refractivity contribution in [3.05, 3.63) is 41.2 Å². The number of ketones is 1. The van der Waals surface area contributed by atoms with Crippen LogP contribution in [0.2, 0.25) is 0 Å². The normalized spacial score (nSPS) is 17.4. The average Bonchev–Trinajstić information content (AvgIpc) is 2.66. The molecule has 1 aromatic carbocycles. The molecule has 0 saturated heterocycles. The lowest BCUT2D eigenvalue weighted by atomic mass is 9.74. The molecule has 5 nitrogen and oxygen atoms in total. The lowest BCUT2D eigenvalue weighted by molar-refractivity contribution is -0.120. The number of aryl methyl sites for hydroxylation is 1. The molecule has 86 valence electrons. The van der Waals surface area contributed by atoms with Gasteiger partial charge in [0.25, 0.3) is 0 Å². The van der Waals surface area contributed by atoms with Gasteiger partial charge in [0.05, 0.1) is 13.5 Å². The molecule has 0 saturated carbocycles. The van der Waals surface area contributed by atoms with E-state index in [2.05, 4.69) is 21.5 Å². The molecule has 1 atom stereocenters. The van der Waals surface area contributed by atoms with Gasteiger partial charge < -0.3 is 0 Å². The Balaban J connectivity index is 1.73. The van der Waals surface area contributed by atoms with Crippen molar-refractivity contribution in [2.45, 2.75) is 18.8 Å². The Bertz CT molecular complexity index is 575. The van der Waals surface area contributed by atoms with Gasteiger partial charge in [0.2, 0.25) is 0 Å². The zero-order valence-corrected chi connectivity index (χ0v) is 9.50. The SMILES string of the molecule is Cn1nnc(CC(=O)C2Cc3ccccc32)n1. The first-order chi connectivity index (χ1) is 8.24. The van der Waals surface area contributed by atoms with Crippen LogP contribution in [0, 0.1) is 0 Å². The first-order valence-electron chi connectivity index (χ1n) is 5.57. The van der Waals surface area contributed by atoms with Crippen LogP contribution in [-0.4, -0.2) is 26.0 Å². The summed E-state index contributed by atoms with van der Waals surface area (Å²) in [6.45, 7) is 0. The van der Waals surface area contributed by atoms with Crippen molar-refractivity contribution >= 4 is 5.78 Å². The maximum Gasteiger partial charge on any atom is 0.182 e. The Kier molecular flexibility index (Phi) is 2.24. The lowest BCUT2D eigenvalue weighted by Gasteiger charge is -2.28. The van der Waals surface area contributed by atoms with Gasteiger partial charge in [-0.25, -0.2) is 0 Å². The third-order valence-electron chi connectivity index (χ3n) is 3.13. The molecule has 0 amide bonds. The number of rotatable bonds is 3. The molecule has 0 fully saturated rings. The van der Waals surface area contributed by atoms with E-state index in [0.29, 0.717) is 5.82 Å². The van der Waals surface area contributed by atoms with Gasteiger partial charge in [-0.3, -0.25) is 4.79 Å². The molecule has 1 aliphatic rings. The van der Waals surface area contributed by atoms with Gasteiger partial charge in [0.1, 0.15) is 5.78 Å². The van der Waals surface area contributed by atoms with Crippen LogP contribution in [0.1, 0.15) is 22.9 Å². The highest BCUT2D eigenvalue weighted by molar-refractivity contribution is 5.89. The van der Waals surface area contributed by atoms with Crippen LogP contribution in [0.3, 0.4) is 0 Å². The van der Waals surface area contributed by atoms with E-state index in [-0.39, 0.29) is 18.1 Å². The molecule has 0 bridgehead atoms. The monoisotopic (exact) mass is 228 g/mol. The fraction of sp³-hybridized carbons (Fsp3) is 0.333. The molecule has 5 heteroatoms. The van der Waals surface area contributed by atoms with E-state index in [0.717, 1.165) is 12.0 Å². The molecule has 1 heterocycles. The average molecular weight is 228 g/mol. The van der Waals surface area contributed by atoms with Gasteiger partial charge in [-0.15, -0.1) is 10.2 Å². The number of Topliss-reactive ketones (excluding diaryl/α,β-unsaturated/α-hetero) is 1. The van der Waals surface area contributed by atoms with Crippen LogP contribution < -0.4 is 0 Å². The fourth-order valence-corrected chi connectivity index (χ4v) is 2.22. The first-order valence-corrected chi connectivity index (χ1v) is 5.57. The summed E-state index contributed by atoms with van der Waals surface area (Å²) in [6, 6.07) is 8.06. The summed E-state index contributed by atoms with van der Waals surface area (Å²) in [7, 11) is 1.69. The summed E-state index contributed by atoms with van der Waals surface area (Å²) < 4.78 is 0. The van der Waals surface area contributed by atoms with Crippen molar-refractivity contribution in [1.29, 1.82) is 0 Å². The summed E-state index contributed by atoms with van der Waals surface area (Å²) in [4.78, 5) is 13.4. The Morgan fingerprint density at radius 3 is 3.00 bits per heavy atom. The van der Waals surface area contributed by atoms with E-state index < -0.39 is 0 Å². The highest BCUT2D eigenvalue weighted by Crippen LogP contribution is 2.35. The first kappa shape index (κ1) is 10.1. The van der Waals surface area contributed by atoms with Crippen molar-refractivity contribution in [2.75, 3.05) is 0 Å². The molecule has 2 aromatic rings. The highest BCUT2D eigenvalue weighted by Gasteiger charge is 2.31. The zero-order chi connectivity index (χ0) is 11.8. The molecule has 1 unspecified atom stereocenters. The minimum Gasteiger partial charge on any atom is -0.299 e. The van der Waals surface area contributed by atoms with Crippen LogP contribution in [-0.2, 0) is 24.7 Å².